The van der Waals surface area contributed by atoms with Crippen LogP contribution in [0.25, 0.3) is 0 Å². The first kappa shape index (κ1) is 16.7. The first-order valence-electron chi connectivity index (χ1n) is 7.57. The summed E-state index contributed by atoms with van der Waals surface area (Å²) in [5.74, 6) is 2.70. The molecule has 114 valence electrons. The van der Waals surface area contributed by atoms with Crippen LogP contribution in [0.4, 0.5) is 11.6 Å². The molecule has 0 saturated carbocycles. The van der Waals surface area contributed by atoms with E-state index in [0.717, 1.165) is 49.0 Å². The standard InChI is InChI=1S/C15H28N4O/c1-6-9-16-14-12(5)15(19-13(7-2)18-14)17-11(4)10-20-8-3/h11H,6-10H2,1-5H3,(H2,16,17,18,19). The number of anilines is 2. The first-order chi connectivity index (χ1) is 9.62. The van der Waals surface area contributed by atoms with Gasteiger partial charge in [-0.3, -0.25) is 0 Å². The molecule has 5 nitrogen and oxygen atoms in total. The summed E-state index contributed by atoms with van der Waals surface area (Å²) in [5, 5.41) is 6.79. The maximum absolute atomic E-state index is 5.44. The second-order valence-electron chi connectivity index (χ2n) is 4.95. The highest BCUT2D eigenvalue weighted by Gasteiger charge is 2.12. The van der Waals surface area contributed by atoms with Crippen molar-refractivity contribution < 1.29 is 4.74 Å². The molecule has 1 heterocycles. The molecule has 0 aliphatic carbocycles. The average Bonchev–Trinajstić information content (AvgIpc) is 2.45. The van der Waals surface area contributed by atoms with Crippen molar-refractivity contribution in [1.82, 2.24) is 9.97 Å². The Labute approximate surface area is 122 Å². The predicted molar refractivity (Wildman–Crippen MR) is 84.5 cm³/mol. The van der Waals surface area contributed by atoms with Crippen molar-refractivity contribution in [2.45, 2.75) is 53.5 Å². The van der Waals surface area contributed by atoms with E-state index in [4.69, 9.17) is 4.74 Å². The number of aromatic nitrogens is 2. The Balaban J connectivity index is 2.87. The van der Waals surface area contributed by atoms with Gasteiger partial charge in [-0.2, -0.15) is 0 Å². The predicted octanol–water partition coefficient (Wildman–Crippen LogP) is 3.01. The zero-order valence-electron chi connectivity index (χ0n) is 13.4. The molecule has 0 aliphatic heterocycles. The largest absolute Gasteiger partial charge is 0.380 e. The lowest BCUT2D eigenvalue weighted by Gasteiger charge is -2.18. The molecule has 0 spiro atoms. The number of nitrogens with zero attached hydrogens (tertiary/aromatic N) is 2. The molecule has 0 aromatic carbocycles. The minimum Gasteiger partial charge on any atom is -0.380 e. The van der Waals surface area contributed by atoms with Crippen LogP contribution in [0.1, 0.15) is 45.5 Å². The summed E-state index contributed by atoms with van der Waals surface area (Å²) < 4.78 is 5.44. The van der Waals surface area contributed by atoms with E-state index < -0.39 is 0 Å². The Morgan fingerprint density at radius 2 is 1.85 bits per heavy atom. The molecule has 1 rings (SSSR count). The SMILES string of the molecule is CCCNc1nc(CC)nc(NC(C)COCC)c1C. The molecule has 0 aliphatic rings. The normalized spacial score (nSPS) is 12.2. The molecule has 1 unspecified atom stereocenters. The second kappa shape index (κ2) is 8.74. The third-order valence-corrected chi connectivity index (χ3v) is 3.01. The van der Waals surface area contributed by atoms with Crippen LogP contribution in [-0.2, 0) is 11.2 Å². The van der Waals surface area contributed by atoms with Crippen molar-refractivity contribution in [3.8, 4) is 0 Å². The van der Waals surface area contributed by atoms with Crippen molar-refractivity contribution in [3.63, 3.8) is 0 Å². The van der Waals surface area contributed by atoms with Gasteiger partial charge in [-0.15, -0.1) is 0 Å². The highest BCUT2D eigenvalue weighted by Crippen LogP contribution is 2.21. The van der Waals surface area contributed by atoms with E-state index in [1.165, 1.54) is 0 Å². The summed E-state index contributed by atoms with van der Waals surface area (Å²) in [5.41, 5.74) is 1.07. The van der Waals surface area contributed by atoms with Crippen LogP contribution >= 0.6 is 0 Å². The van der Waals surface area contributed by atoms with Gasteiger partial charge in [0.05, 0.1) is 6.61 Å². The van der Waals surface area contributed by atoms with Crippen LogP contribution in [0.5, 0.6) is 0 Å². The van der Waals surface area contributed by atoms with Crippen molar-refractivity contribution in [3.05, 3.63) is 11.4 Å². The van der Waals surface area contributed by atoms with Gasteiger partial charge in [0.2, 0.25) is 0 Å². The number of hydrogen-bond donors (Lipinski definition) is 2. The number of rotatable bonds is 9. The lowest BCUT2D eigenvalue weighted by Crippen LogP contribution is -2.24. The van der Waals surface area contributed by atoms with E-state index in [2.05, 4.69) is 41.4 Å². The summed E-state index contributed by atoms with van der Waals surface area (Å²) in [6.07, 6.45) is 1.91. The molecule has 5 heteroatoms. The van der Waals surface area contributed by atoms with E-state index in [9.17, 15) is 0 Å². The number of hydrogen-bond acceptors (Lipinski definition) is 5. The van der Waals surface area contributed by atoms with Crippen molar-refractivity contribution >= 4 is 11.6 Å². The number of nitrogens with one attached hydrogen (secondary N) is 2. The Bertz CT molecular complexity index is 409. The summed E-state index contributed by atoms with van der Waals surface area (Å²) in [4.78, 5) is 9.15. The fourth-order valence-electron chi connectivity index (χ4n) is 1.85. The fraction of sp³-hybridized carbons (Fsp3) is 0.733. The van der Waals surface area contributed by atoms with Crippen molar-refractivity contribution in [2.24, 2.45) is 0 Å². The van der Waals surface area contributed by atoms with Gasteiger partial charge in [-0.1, -0.05) is 13.8 Å². The number of ether oxygens (including phenoxy) is 1. The molecule has 0 fully saturated rings. The van der Waals surface area contributed by atoms with Crippen LogP contribution in [-0.4, -0.2) is 35.8 Å². The van der Waals surface area contributed by atoms with Crippen LogP contribution in [0.15, 0.2) is 0 Å². The lowest BCUT2D eigenvalue weighted by atomic mass is 10.2. The van der Waals surface area contributed by atoms with Gasteiger partial charge in [0.15, 0.2) is 0 Å². The number of aryl methyl sites for hydroxylation is 1. The maximum Gasteiger partial charge on any atom is 0.135 e. The van der Waals surface area contributed by atoms with Crippen molar-refractivity contribution in [2.75, 3.05) is 30.4 Å². The van der Waals surface area contributed by atoms with E-state index in [-0.39, 0.29) is 6.04 Å². The van der Waals surface area contributed by atoms with Crippen LogP contribution in [0, 0.1) is 6.92 Å². The molecule has 20 heavy (non-hydrogen) atoms. The molecule has 1 aromatic rings. The molecule has 1 atom stereocenters. The van der Waals surface area contributed by atoms with Gasteiger partial charge in [-0.25, -0.2) is 9.97 Å². The Kier molecular flexibility index (Phi) is 7.30. The average molecular weight is 280 g/mol. The summed E-state index contributed by atoms with van der Waals surface area (Å²) >= 11 is 0. The van der Waals surface area contributed by atoms with Crippen LogP contribution in [0.2, 0.25) is 0 Å². The summed E-state index contributed by atoms with van der Waals surface area (Å²) in [6.45, 7) is 12.7. The van der Waals surface area contributed by atoms with Gasteiger partial charge >= 0.3 is 0 Å². The molecule has 0 saturated heterocycles. The smallest absolute Gasteiger partial charge is 0.135 e. The Morgan fingerprint density at radius 3 is 2.45 bits per heavy atom. The molecule has 0 bridgehead atoms. The van der Waals surface area contributed by atoms with Crippen LogP contribution in [0.3, 0.4) is 0 Å². The second-order valence-corrected chi connectivity index (χ2v) is 4.95. The molecule has 0 amide bonds. The Hall–Kier alpha value is -1.36. The molecule has 0 radical (unpaired) electrons. The highest BCUT2D eigenvalue weighted by atomic mass is 16.5. The van der Waals surface area contributed by atoms with Crippen molar-refractivity contribution in [1.29, 1.82) is 0 Å². The first-order valence-corrected chi connectivity index (χ1v) is 7.57. The quantitative estimate of drug-likeness (QED) is 0.728. The molecule has 1 aromatic heterocycles. The third kappa shape index (κ3) is 4.96. The van der Waals surface area contributed by atoms with Gasteiger partial charge in [0.1, 0.15) is 17.5 Å². The minimum absolute atomic E-state index is 0.229. The summed E-state index contributed by atoms with van der Waals surface area (Å²) in [6, 6.07) is 0.229. The molecular formula is C15H28N4O. The monoisotopic (exact) mass is 280 g/mol. The van der Waals surface area contributed by atoms with E-state index in [1.807, 2.05) is 13.8 Å². The van der Waals surface area contributed by atoms with Gasteiger partial charge in [0.25, 0.3) is 0 Å². The Morgan fingerprint density at radius 1 is 1.15 bits per heavy atom. The van der Waals surface area contributed by atoms with E-state index >= 15 is 0 Å². The van der Waals surface area contributed by atoms with E-state index in [0.29, 0.717) is 6.61 Å². The summed E-state index contributed by atoms with van der Waals surface area (Å²) in [7, 11) is 0. The van der Waals surface area contributed by atoms with E-state index in [1.54, 1.807) is 0 Å². The third-order valence-electron chi connectivity index (χ3n) is 3.01. The fourth-order valence-corrected chi connectivity index (χ4v) is 1.85. The highest BCUT2D eigenvalue weighted by molar-refractivity contribution is 5.57. The van der Waals surface area contributed by atoms with Gasteiger partial charge in [0, 0.05) is 31.2 Å². The zero-order valence-corrected chi connectivity index (χ0v) is 13.4. The van der Waals surface area contributed by atoms with Gasteiger partial charge in [-0.05, 0) is 27.2 Å². The van der Waals surface area contributed by atoms with Gasteiger partial charge < -0.3 is 15.4 Å². The van der Waals surface area contributed by atoms with Crippen LogP contribution < -0.4 is 10.6 Å². The maximum atomic E-state index is 5.44. The lowest BCUT2D eigenvalue weighted by molar-refractivity contribution is 0.141. The topological polar surface area (TPSA) is 59.1 Å². The molecule has 2 N–H and O–H groups in total. The minimum atomic E-state index is 0.229. The molecular weight excluding hydrogens is 252 g/mol. The zero-order chi connectivity index (χ0) is 15.0.